The van der Waals surface area contributed by atoms with Crippen LogP contribution >= 0.6 is 23.1 Å². The predicted octanol–water partition coefficient (Wildman–Crippen LogP) is 5.38. The summed E-state index contributed by atoms with van der Waals surface area (Å²) < 4.78 is 2.17. The van der Waals surface area contributed by atoms with Crippen LogP contribution in [0.5, 0.6) is 0 Å². The van der Waals surface area contributed by atoms with Gasteiger partial charge in [0.15, 0.2) is 5.16 Å². The van der Waals surface area contributed by atoms with Gasteiger partial charge in [0.25, 0.3) is 0 Å². The van der Waals surface area contributed by atoms with Gasteiger partial charge < -0.3 is 5.32 Å². The Morgan fingerprint density at radius 1 is 1.12 bits per heavy atom. The lowest BCUT2D eigenvalue weighted by Crippen LogP contribution is -2.15. The number of hydrogen-bond donors (Lipinski definition) is 1. The number of hydrogen-bond acceptors (Lipinski definition) is 6. The molecule has 1 saturated carbocycles. The van der Waals surface area contributed by atoms with Crippen LogP contribution in [0.25, 0.3) is 5.69 Å². The Morgan fingerprint density at radius 2 is 1.91 bits per heavy atom. The molecule has 1 aliphatic rings. The topological polar surface area (TPSA) is 72.7 Å². The molecule has 0 radical (unpaired) electrons. The standard InChI is InChI=1S/C24H23N5OS2/c1-16-7-5-6-10-20(16)26-21(30)13-22-25-18(14-31-22)15-32-24-28-27-23(17-11-12-17)29(24)19-8-3-2-4-9-19/h2-10,14,17H,11-13,15H2,1H3,(H,26,30). The smallest absolute Gasteiger partial charge is 0.231 e. The fourth-order valence-corrected chi connectivity index (χ4v) is 5.23. The number of carbonyl (C=O) groups excluding carboxylic acids is 1. The van der Waals surface area contributed by atoms with Crippen molar-refractivity contribution >= 4 is 34.7 Å². The normalized spacial score (nSPS) is 13.3. The van der Waals surface area contributed by atoms with Crippen molar-refractivity contribution in [2.45, 2.75) is 43.0 Å². The largest absolute Gasteiger partial charge is 0.325 e. The zero-order valence-electron chi connectivity index (χ0n) is 17.7. The molecule has 4 aromatic rings. The summed E-state index contributed by atoms with van der Waals surface area (Å²) in [6.45, 7) is 1.98. The zero-order valence-corrected chi connectivity index (χ0v) is 19.3. The number of aryl methyl sites for hydroxylation is 1. The highest BCUT2D eigenvalue weighted by molar-refractivity contribution is 7.98. The van der Waals surface area contributed by atoms with Crippen molar-refractivity contribution in [2.75, 3.05) is 5.32 Å². The maximum Gasteiger partial charge on any atom is 0.231 e. The Hall–Kier alpha value is -2.97. The molecule has 6 nitrogen and oxygen atoms in total. The summed E-state index contributed by atoms with van der Waals surface area (Å²) in [5.74, 6) is 2.19. The summed E-state index contributed by atoms with van der Waals surface area (Å²) in [6.07, 6.45) is 2.63. The molecule has 0 bridgehead atoms. The Kier molecular flexibility index (Phi) is 6.05. The van der Waals surface area contributed by atoms with Gasteiger partial charge in [-0.05, 0) is 43.5 Å². The summed E-state index contributed by atoms with van der Waals surface area (Å²) in [5, 5.41) is 15.6. The van der Waals surface area contributed by atoms with Gasteiger partial charge in [-0.2, -0.15) is 0 Å². The third-order valence-electron chi connectivity index (χ3n) is 5.29. The number of rotatable bonds is 8. The van der Waals surface area contributed by atoms with E-state index in [-0.39, 0.29) is 12.3 Å². The molecule has 162 valence electrons. The Morgan fingerprint density at radius 3 is 2.69 bits per heavy atom. The molecule has 0 aliphatic heterocycles. The Bertz CT molecular complexity index is 1230. The van der Waals surface area contributed by atoms with Crippen LogP contribution in [0.4, 0.5) is 5.69 Å². The van der Waals surface area contributed by atoms with Crippen LogP contribution in [-0.2, 0) is 17.0 Å². The number of benzene rings is 2. The number of amides is 1. The summed E-state index contributed by atoms with van der Waals surface area (Å²) in [4.78, 5) is 17.1. The molecule has 1 aliphatic carbocycles. The molecular formula is C24H23N5OS2. The number of thiazole rings is 1. The van der Waals surface area contributed by atoms with Gasteiger partial charge >= 0.3 is 0 Å². The molecule has 8 heteroatoms. The third kappa shape index (κ3) is 4.76. The van der Waals surface area contributed by atoms with E-state index in [1.165, 1.54) is 24.2 Å². The molecule has 1 fully saturated rings. The van der Waals surface area contributed by atoms with Gasteiger partial charge in [-0.15, -0.1) is 21.5 Å². The molecule has 1 amide bonds. The zero-order chi connectivity index (χ0) is 21.9. The first-order valence-electron chi connectivity index (χ1n) is 10.6. The van der Waals surface area contributed by atoms with Gasteiger partial charge in [-0.1, -0.05) is 48.2 Å². The number of nitrogens with one attached hydrogen (secondary N) is 1. The van der Waals surface area contributed by atoms with E-state index in [1.807, 2.05) is 54.8 Å². The second kappa shape index (κ2) is 9.26. The summed E-state index contributed by atoms with van der Waals surface area (Å²) in [5.41, 5.74) is 3.93. The summed E-state index contributed by atoms with van der Waals surface area (Å²) >= 11 is 3.15. The van der Waals surface area contributed by atoms with Gasteiger partial charge in [0.1, 0.15) is 10.8 Å². The average molecular weight is 462 g/mol. The Balaban J connectivity index is 1.24. The SMILES string of the molecule is Cc1ccccc1NC(=O)Cc1nc(CSc2nnc(C3CC3)n2-c2ccccc2)cs1. The first-order chi connectivity index (χ1) is 15.7. The van der Waals surface area contributed by atoms with Crippen molar-refractivity contribution in [1.29, 1.82) is 0 Å². The molecule has 0 unspecified atom stereocenters. The molecule has 5 rings (SSSR count). The minimum atomic E-state index is -0.0502. The number of thioether (sulfide) groups is 1. The van der Waals surface area contributed by atoms with Crippen LogP contribution in [0, 0.1) is 6.92 Å². The maximum atomic E-state index is 12.4. The predicted molar refractivity (Wildman–Crippen MR) is 129 cm³/mol. The van der Waals surface area contributed by atoms with Crippen LogP contribution in [0.2, 0.25) is 0 Å². The van der Waals surface area contributed by atoms with Crippen molar-refractivity contribution in [3.8, 4) is 5.69 Å². The van der Waals surface area contributed by atoms with Crippen LogP contribution in [0.1, 0.15) is 40.8 Å². The second-order valence-corrected chi connectivity index (χ2v) is 9.73. The van der Waals surface area contributed by atoms with Crippen LogP contribution < -0.4 is 5.32 Å². The minimum Gasteiger partial charge on any atom is -0.325 e. The summed E-state index contributed by atoms with van der Waals surface area (Å²) in [7, 11) is 0. The van der Waals surface area contributed by atoms with Gasteiger partial charge in [-0.25, -0.2) is 4.98 Å². The van der Waals surface area contributed by atoms with E-state index in [9.17, 15) is 4.79 Å². The van der Waals surface area contributed by atoms with E-state index in [0.29, 0.717) is 11.7 Å². The number of aromatic nitrogens is 4. The monoisotopic (exact) mass is 461 g/mol. The van der Waals surface area contributed by atoms with E-state index >= 15 is 0 Å². The molecule has 0 saturated heterocycles. The molecule has 2 heterocycles. The van der Waals surface area contributed by atoms with Gasteiger partial charge in [-0.3, -0.25) is 9.36 Å². The van der Waals surface area contributed by atoms with E-state index < -0.39 is 0 Å². The highest BCUT2D eigenvalue weighted by Crippen LogP contribution is 2.41. The van der Waals surface area contributed by atoms with Crippen LogP contribution in [0.15, 0.2) is 65.1 Å². The second-order valence-electron chi connectivity index (χ2n) is 7.85. The van der Waals surface area contributed by atoms with Crippen LogP contribution in [0.3, 0.4) is 0 Å². The quantitative estimate of drug-likeness (QED) is 0.357. The van der Waals surface area contributed by atoms with E-state index in [1.54, 1.807) is 11.8 Å². The third-order valence-corrected chi connectivity index (χ3v) is 7.15. The molecular weight excluding hydrogens is 438 g/mol. The lowest BCUT2D eigenvalue weighted by Gasteiger charge is -2.09. The number of carbonyl (C=O) groups is 1. The van der Waals surface area contributed by atoms with Crippen molar-refractivity contribution in [3.05, 3.63) is 82.1 Å². The Labute approximate surface area is 195 Å². The molecule has 0 spiro atoms. The van der Waals surface area contributed by atoms with Crippen LogP contribution in [-0.4, -0.2) is 25.7 Å². The van der Waals surface area contributed by atoms with Gasteiger partial charge in [0, 0.05) is 28.4 Å². The highest BCUT2D eigenvalue weighted by Gasteiger charge is 2.31. The maximum absolute atomic E-state index is 12.4. The molecule has 32 heavy (non-hydrogen) atoms. The number of nitrogens with zero attached hydrogens (tertiary/aromatic N) is 4. The molecule has 1 N–H and O–H groups in total. The molecule has 2 aromatic heterocycles. The van der Waals surface area contributed by atoms with Crippen molar-refractivity contribution in [3.63, 3.8) is 0 Å². The molecule has 2 aromatic carbocycles. The van der Waals surface area contributed by atoms with Crippen molar-refractivity contribution in [2.24, 2.45) is 0 Å². The lowest BCUT2D eigenvalue weighted by atomic mass is 10.2. The molecule has 0 atom stereocenters. The fraction of sp³-hybridized carbons (Fsp3) is 0.250. The summed E-state index contributed by atoms with van der Waals surface area (Å²) in [6, 6.07) is 18.0. The van der Waals surface area contributed by atoms with Gasteiger partial charge in [0.2, 0.25) is 5.91 Å². The number of anilines is 1. The average Bonchev–Trinajstić information content (AvgIpc) is 3.41. The first kappa shape index (κ1) is 20.9. The van der Waals surface area contributed by atoms with Crippen molar-refractivity contribution in [1.82, 2.24) is 19.7 Å². The fourth-order valence-electron chi connectivity index (χ4n) is 3.48. The van der Waals surface area contributed by atoms with Crippen molar-refractivity contribution < 1.29 is 4.79 Å². The lowest BCUT2D eigenvalue weighted by molar-refractivity contribution is -0.115. The minimum absolute atomic E-state index is 0.0502. The van der Waals surface area contributed by atoms with E-state index in [0.717, 1.165) is 38.6 Å². The first-order valence-corrected chi connectivity index (χ1v) is 12.5. The number of para-hydroxylation sites is 2. The highest BCUT2D eigenvalue weighted by atomic mass is 32.2. The van der Waals surface area contributed by atoms with E-state index in [2.05, 4.69) is 37.2 Å². The van der Waals surface area contributed by atoms with E-state index in [4.69, 9.17) is 0 Å². The van der Waals surface area contributed by atoms with Gasteiger partial charge in [0.05, 0.1) is 12.1 Å².